The fourth-order valence-electron chi connectivity index (χ4n) is 1.91. The highest BCUT2D eigenvalue weighted by atomic mass is 14.9. The average molecular weight is 141 g/mol. The van der Waals surface area contributed by atoms with Crippen LogP contribution in [0.3, 0.4) is 0 Å². The Bertz CT molecular complexity index is 103. The molecule has 1 saturated carbocycles. The van der Waals surface area contributed by atoms with Crippen molar-refractivity contribution in [2.24, 2.45) is 11.3 Å². The minimum atomic E-state index is 0.792. The first-order valence-corrected chi connectivity index (χ1v) is 4.54. The predicted molar refractivity (Wildman–Crippen MR) is 45.0 cm³/mol. The van der Waals surface area contributed by atoms with Crippen LogP contribution in [0.1, 0.15) is 33.6 Å². The Kier molecular flexibility index (Phi) is 2.35. The molecule has 0 aromatic carbocycles. The molecule has 60 valence electrons. The van der Waals surface area contributed by atoms with Crippen molar-refractivity contribution in [3.05, 3.63) is 0 Å². The molecule has 2 atom stereocenters. The Balaban J connectivity index is 0.000000231. The van der Waals surface area contributed by atoms with Gasteiger partial charge < -0.3 is 5.32 Å². The first-order valence-electron chi connectivity index (χ1n) is 4.54. The number of hydrogen-bond donors (Lipinski definition) is 1. The molecule has 2 fully saturated rings. The van der Waals surface area contributed by atoms with Gasteiger partial charge in [0.25, 0.3) is 0 Å². The summed E-state index contributed by atoms with van der Waals surface area (Å²) >= 11 is 0. The Morgan fingerprint density at radius 2 is 2.00 bits per heavy atom. The second-order valence-electron chi connectivity index (χ2n) is 3.39. The van der Waals surface area contributed by atoms with E-state index < -0.39 is 0 Å². The van der Waals surface area contributed by atoms with E-state index in [1.165, 1.54) is 25.9 Å². The van der Waals surface area contributed by atoms with Crippen LogP contribution >= 0.6 is 0 Å². The van der Waals surface area contributed by atoms with Gasteiger partial charge in [0.2, 0.25) is 0 Å². The highest BCUT2D eigenvalue weighted by Gasteiger charge is 2.51. The summed E-state index contributed by atoms with van der Waals surface area (Å²) in [5.74, 6) is 1.03. The third-order valence-corrected chi connectivity index (χ3v) is 2.87. The van der Waals surface area contributed by atoms with Crippen molar-refractivity contribution in [1.29, 1.82) is 0 Å². The summed E-state index contributed by atoms with van der Waals surface area (Å²) < 4.78 is 0. The molecule has 0 radical (unpaired) electrons. The van der Waals surface area contributed by atoms with Crippen LogP contribution in [0.4, 0.5) is 0 Å². The minimum absolute atomic E-state index is 0.792. The van der Waals surface area contributed by atoms with Crippen LogP contribution in [0.15, 0.2) is 0 Å². The van der Waals surface area contributed by atoms with Crippen molar-refractivity contribution in [3.63, 3.8) is 0 Å². The van der Waals surface area contributed by atoms with Crippen molar-refractivity contribution in [2.45, 2.75) is 33.6 Å². The van der Waals surface area contributed by atoms with E-state index in [1.807, 2.05) is 13.8 Å². The summed E-state index contributed by atoms with van der Waals surface area (Å²) in [6.07, 6.45) is 2.92. The molecular weight excluding hydrogens is 122 g/mol. The lowest BCUT2D eigenvalue weighted by Crippen LogP contribution is -2.10. The Labute approximate surface area is 64.2 Å². The maximum atomic E-state index is 3.41. The van der Waals surface area contributed by atoms with E-state index in [9.17, 15) is 0 Å². The van der Waals surface area contributed by atoms with E-state index in [2.05, 4.69) is 12.2 Å². The lowest BCUT2D eigenvalue weighted by molar-refractivity contribution is 0.520. The molecule has 1 heterocycles. The molecule has 0 aromatic heterocycles. The van der Waals surface area contributed by atoms with Crippen molar-refractivity contribution < 1.29 is 0 Å². The fraction of sp³-hybridized carbons (Fsp3) is 1.00. The summed E-state index contributed by atoms with van der Waals surface area (Å²) in [5, 5.41) is 3.41. The molecule has 0 amide bonds. The van der Waals surface area contributed by atoms with Gasteiger partial charge >= 0.3 is 0 Å². The largest absolute Gasteiger partial charge is 0.316 e. The summed E-state index contributed by atoms with van der Waals surface area (Å²) in [7, 11) is 0. The third kappa shape index (κ3) is 1.20. The van der Waals surface area contributed by atoms with Crippen LogP contribution < -0.4 is 5.32 Å². The van der Waals surface area contributed by atoms with Crippen molar-refractivity contribution in [3.8, 4) is 0 Å². The molecular formula is C9H19N. The molecule has 1 aliphatic heterocycles. The highest BCUT2D eigenvalue weighted by Crippen LogP contribution is 2.55. The van der Waals surface area contributed by atoms with Crippen LogP contribution in [0, 0.1) is 11.3 Å². The second-order valence-corrected chi connectivity index (χ2v) is 3.39. The monoisotopic (exact) mass is 141 g/mol. The summed E-state index contributed by atoms with van der Waals surface area (Å²) in [5.41, 5.74) is 0.792. The van der Waals surface area contributed by atoms with Gasteiger partial charge in [0.05, 0.1) is 0 Å². The smallest absolute Gasteiger partial charge is 0.00109 e. The zero-order valence-electron chi connectivity index (χ0n) is 7.41. The first-order chi connectivity index (χ1) is 4.83. The van der Waals surface area contributed by atoms with E-state index in [4.69, 9.17) is 0 Å². The molecule has 1 aliphatic carbocycles. The summed E-state index contributed by atoms with van der Waals surface area (Å²) in [6, 6.07) is 0. The molecule has 1 saturated heterocycles. The molecule has 0 aromatic rings. The van der Waals surface area contributed by atoms with E-state index in [0.29, 0.717) is 0 Å². The third-order valence-electron chi connectivity index (χ3n) is 2.87. The molecule has 1 nitrogen and oxygen atoms in total. The van der Waals surface area contributed by atoms with Crippen LogP contribution in [0.5, 0.6) is 0 Å². The van der Waals surface area contributed by atoms with E-state index in [-0.39, 0.29) is 0 Å². The van der Waals surface area contributed by atoms with E-state index in [0.717, 1.165) is 11.3 Å². The van der Waals surface area contributed by atoms with Crippen molar-refractivity contribution >= 4 is 0 Å². The van der Waals surface area contributed by atoms with Gasteiger partial charge in [0, 0.05) is 6.54 Å². The molecule has 10 heavy (non-hydrogen) atoms. The van der Waals surface area contributed by atoms with E-state index in [1.54, 1.807) is 0 Å². The maximum Gasteiger partial charge on any atom is 0.00109 e. The molecule has 1 spiro atoms. The van der Waals surface area contributed by atoms with Gasteiger partial charge in [-0.1, -0.05) is 20.8 Å². The van der Waals surface area contributed by atoms with Crippen molar-refractivity contribution in [1.82, 2.24) is 5.32 Å². The molecule has 2 aliphatic rings. The van der Waals surface area contributed by atoms with Crippen LogP contribution in [0.25, 0.3) is 0 Å². The van der Waals surface area contributed by atoms with Gasteiger partial charge in [-0.15, -0.1) is 0 Å². The van der Waals surface area contributed by atoms with Crippen LogP contribution in [-0.4, -0.2) is 13.1 Å². The average Bonchev–Trinajstić information content (AvgIpc) is 2.45. The van der Waals surface area contributed by atoms with Crippen molar-refractivity contribution in [2.75, 3.05) is 13.1 Å². The van der Waals surface area contributed by atoms with Gasteiger partial charge in [-0.05, 0) is 30.7 Å². The lowest BCUT2D eigenvalue weighted by Gasteiger charge is -2.00. The molecule has 2 unspecified atom stereocenters. The second kappa shape index (κ2) is 2.91. The first kappa shape index (κ1) is 8.06. The van der Waals surface area contributed by atoms with Gasteiger partial charge in [0.15, 0.2) is 0 Å². The number of rotatable bonds is 0. The van der Waals surface area contributed by atoms with Gasteiger partial charge in [-0.3, -0.25) is 0 Å². The Morgan fingerprint density at radius 3 is 2.20 bits per heavy atom. The van der Waals surface area contributed by atoms with Gasteiger partial charge in [-0.25, -0.2) is 0 Å². The molecule has 0 bridgehead atoms. The normalized spacial score (nSPS) is 42.9. The Hall–Kier alpha value is -0.0400. The summed E-state index contributed by atoms with van der Waals surface area (Å²) in [6.45, 7) is 8.94. The SMILES string of the molecule is CC.CC1CC12CCNC2. The van der Waals surface area contributed by atoms with E-state index >= 15 is 0 Å². The van der Waals surface area contributed by atoms with Gasteiger partial charge in [0.1, 0.15) is 0 Å². The van der Waals surface area contributed by atoms with Crippen LogP contribution in [0.2, 0.25) is 0 Å². The molecule has 2 rings (SSSR count). The standard InChI is InChI=1S/C7H13N.C2H6/c1-6-4-7(6)2-3-8-5-7;1-2/h6,8H,2-5H2,1H3;1-2H3. The molecule has 1 N–H and O–H groups in total. The topological polar surface area (TPSA) is 12.0 Å². The van der Waals surface area contributed by atoms with Crippen LogP contribution in [-0.2, 0) is 0 Å². The summed E-state index contributed by atoms with van der Waals surface area (Å²) in [4.78, 5) is 0. The highest BCUT2D eigenvalue weighted by molar-refractivity contribution is 5.04. The molecule has 1 heteroatoms. The number of hydrogen-bond acceptors (Lipinski definition) is 1. The maximum absolute atomic E-state index is 3.41. The lowest BCUT2D eigenvalue weighted by atomic mass is 10.0. The zero-order valence-corrected chi connectivity index (χ0v) is 7.41. The quantitative estimate of drug-likeness (QED) is 0.544. The minimum Gasteiger partial charge on any atom is -0.316 e. The number of nitrogens with one attached hydrogen (secondary N) is 1. The Morgan fingerprint density at radius 1 is 1.40 bits per heavy atom. The zero-order chi connectivity index (χ0) is 7.61. The predicted octanol–water partition coefficient (Wildman–Crippen LogP) is 2.03. The van der Waals surface area contributed by atoms with Gasteiger partial charge in [-0.2, -0.15) is 0 Å². The fourth-order valence-corrected chi connectivity index (χ4v) is 1.91.